The van der Waals surface area contributed by atoms with E-state index in [-0.39, 0.29) is 5.91 Å². The molecule has 0 unspecified atom stereocenters. The molecule has 1 aromatic heterocycles. The van der Waals surface area contributed by atoms with Crippen molar-refractivity contribution in [2.24, 2.45) is 0 Å². The number of aromatic nitrogens is 2. The smallest absolute Gasteiger partial charge is 0.271 e. The van der Waals surface area contributed by atoms with Crippen molar-refractivity contribution in [2.75, 3.05) is 31.6 Å². The fourth-order valence-corrected chi connectivity index (χ4v) is 1.53. The molecule has 0 radical (unpaired) electrons. The first-order chi connectivity index (χ1) is 9.77. The van der Waals surface area contributed by atoms with Gasteiger partial charge in [0.15, 0.2) is 0 Å². The van der Waals surface area contributed by atoms with E-state index in [9.17, 15) is 4.79 Å². The summed E-state index contributed by atoms with van der Waals surface area (Å²) < 4.78 is 5.42. The topological polar surface area (TPSA) is 76.1 Å². The standard InChI is InChI=1S/C14H24N4O2/c1-3-5-8-20-9-6-7-16-14(19)12-10-18-13(11-17-12)15-4-2/h10-11H,3-9H2,1-2H3,(H,15,18)(H,16,19). The average Bonchev–Trinajstić information content (AvgIpc) is 2.47. The van der Waals surface area contributed by atoms with Crippen molar-refractivity contribution in [3.8, 4) is 0 Å². The van der Waals surface area contributed by atoms with Gasteiger partial charge in [-0.25, -0.2) is 9.97 Å². The molecule has 1 amide bonds. The Balaban J connectivity index is 2.18. The Bertz CT molecular complexity index is 381. The van der Waals surface area contributed by atoms with E-state index in [4.69, 9.17) is 4.74 Å². The van der Waals surface area contributed by atoms with E-state index < -0.39 is 0 Å². The lowest BCUT2D eigenvalue weighted by Gasteiger charge is -2.06. The van der Waals surface area contributed by atoms with Crippen LogP contribution in [0.4, 0.5) is 5.82 Å². The van der Waals surface area contributed by atoms with Crippen molar-refractivity contribution in [1.29, 1.82) is 0 Å². The molecule has 0 saturated carbocycles. The number of unbranched alkanes of at least 4 members (excludes halogenated alkanes) is 1. The van der Waals surface area contributed by atoms with Gasteiger partial charge in [-0.3, -0.25) is 4.79 Å². The van der Waals surface area contributed by atoms with Crippen LogP contribution in [0.1, 0.15) is 43.6 Å². The van der Waals surface area contributed by atoms with Crippen LogP contribution in [-0.2, 0) is 4.74 Å². The van der Waals surface area contributed by atoms with Gasteiger partial charge in [-0.05, 0) is 19.8 Å². The minimum atomic E-state index is -0.200. The molecule has 0 aliphatic rings. The van der Waals surface area contributed by atoms with Gasteiger partial charge in [-0.2, -0.15) is 0 Å². The molecule has 112 valence electrons. The van der Waals surface area contributed by atoms with Crippen LogP contribution in [0.5, 0.6) is 0 Å². The molecule has 1 heterocycles. The first-order valence-corrected chi connectivity index (χ1v) is 7.19. The van der Waals surface area contributed by atoms with Gasteiger partial charge < -0.3 is 15.4 Å². The Labute approximate surface area is 120 Å². The van der Waals surface area contributed by atoms with Crippen molar-refractivity contribution in [3.05, 3.63) is 18.1 Å². The van der Waals surface area contributed by atoms with E-state index >= 15 is 0 Å². The number of hydrogen-bond donors (Lipinski definition) is 2. The van der Waals surface area contributed by atoms with E-state index in [1.54, 1.807) is 6.20 Å². The molecule has 6 heteroatoms. The summed E-state index contributed by atoms with van der Waals surface area (Å²) in [6, 6.07) is 0. The number of hydrogen-bond acceptors (Lipinski definition) is 5. The molecule has 1 aromatic rings. The maximum absolute atomic E-state index is 11.8. The molecular formula is C14H24N4O2. The maximum atomic E-state index is 11.8. The van der Waals surface area contributed by atoms with E-state index in [1.165, 1.54) is 6.20 Å². The lowest BCUT2D eigenvalue weighted by Crippen LogP contribution is -2.26. The fraction of sp³-hybridized carbons (Fsp3) is 0.643. The van der Waals surface area contributed by atoms with Crippen molar-refractivity contribution in [2.45, 2.75) is 33.1 Å². The van der Waals surface area contributed by atoms with Gasteiger partial charge in [0.25, 0.3) is 5.91 Å². The number of anilines is 1. The van der Waals surface area contributed by atoms with E-state index in [2.05, 4.69) is 27.5 Å². The van der Waals surface area contributed by atoms with Gasteiger partial charge in [0.05, 0.1) is 12.4 Å². The summed E-state index contributed by atoms with van der Waals surface area (Å²) in [4.78, 5) is 20.0. The van der Waals surface area contributed by atoms with Gasteiger partial charge in [-0.1, -0.05) is 13.3 Å². The Hall–Kier alpha value is -1.69. The SMILES string of the molecule is CCCCOCCCNC(=O)c1cnc(NCC)cn1. The second-order valence-corrected chi connectivity index (χ2v) is 4.39. The van der Waals surface area contributed by atoms with Gasteiger partial charge in [0.2, 0.25) is 0 Å². The van der Waals surface area contributed by atoms with Crippen molar-refractivity contribution in [3.63, 3.8) is 0 Å². The van der Waals surface area contributed by atoms with Gasteiger partial charge in [0.1, 0.15) is 11.5 Å². The predicted octanol–water partition coefficient (Wildman–Crippen LogP) is 1.84. The van der Waals surface area contributed by atoms with E-state index in [0.29, 0.717) is 24.7 Å². The summed E-state index contributed by atoms with van der Waals surface area (Å²) in [6.07, 6.45) is 6.06. The molecular weight excluding hydrogens is 256 g/mol. The molecule has 0 bridgehead atoms. The van der Waals surface area contributed by atoms with Gasteiger partial charge in [0, 0.05) is 26.3 Å². The summed E-state index contributed by atoms with van der Waals surface area (Å²) in [6.45, 7) is 6.93. The van der Waals surface area contributed by atoms with E-state index in [0.717, 1.165) is 32.4 Å². The fourth-order valence-electron chi connectivity index (χ4n) is 1.53. The van der Waals surface area contributed by atoms with Crippen LogP contribution < -0.4 is 10.6 Å². The number of ether oxygens (including phenoxy) is 1. The summed E-state index contributed by atoms with van der Waals surface area (Å²) >= 11 is 0. The van der Waals surface area contributed by atoms with Crippen LogP contribution in [0.25, 0.3) is 0 Å². The minimum absolute atomic E-state index is 0.200. The summed E-state index contributed by atoms with van der Waals surface area (Å²) in [5, 5.41) is 5.83. The Kier molecular flexibility index (Phi) is 8.30. The summed E-state index contributed by atoms with van der Waals surface area (Å²) in [5.41, 5.74) is 0.332. The zero-order valence-electron chi connectivity index (χ0n) is 12.3. The minimum Gasteiger partial charge on any atom is -0.381 e. The molecule has 0 saturated heterocycles. The first kappa shape index (κ1) is 16.4. The molecule has 6 nitrogen and oxygen atoms in total. The summed E-state index contributed by atoms with van der Waals surface area (Å²) in [7, 11) is 0. The van der Waals surface area contributed by atoms with Crippen LogP contribution in [-0.4, -0.2) is 42.2 Å². The molecule has 0 aromatic carbocycles. The van der Waals surface area contributed by atoms with Gasteiger partial charge in [-0.15, -0.1) is 0 Å². The normalized spacial score (nSPS) is 10.3. The zero-order chi connectivity index (χ0) is 14.6. The number of rotatable bonds is 10. The molecule has 0 spiro atoms. The average molecular weight is 280 g/mol. The summed E-state index contributed by atoms with van der Waals surface area (Å²) in [5.74, 6) is 0.475. The largest absolute Gasteiger partial charge is 0.381 e. The second-order valence-electron chi connectivity index (χ2n) is 4.39. The molecule has 0 aliphatic heterocycles. The van der Waals surface area contributed by atoms with Crippen LogP contribution in [0, 0.1) is 0 Å². The van der Waals surface area contributed by atoms with Crippen LogP contribution in [0.15, 0.2) is 12.4 Å². The maximum Gasteiger partial charge on any atom is 0.271 e. The molecule has 0 fully saturated rings. The Morgan fingerprint density at radius 1 is 1.20 bits per heavy atom. The Morgan fingerprint density at radius 3 is 2.65 bits per heavy atom. The van der Waals surface area contributed by atoms with Crippen LogP contribution >= 0.6 is 0 Å². The third-order valence-electron chi connectivity index (χ3n) is 2.64. The zero-order valence-corrected chi connectivity index (χ0v) is 12.3. The second kappa shape index (κ2) is 10.1. The van der Waals surface area contributed by atoms with E-state index in [1.807, 2.05) is 6.92 Å². The third kappa shape index (κ3) is 6.47. The predicted molar refractivity (Wildman–Crippen MR) is 78.9 cm³/mol. The highest BCUT2D eigenvalue weighted by Gasteiger charge is 2.06. The molecule has 1 rings (SSSR count). The lowest BCUT2D eigenvalue weighted by molar-refractivity contribution is 0.0935. The molecule has 0 atom stereocenters. The third-order valence-corrected chi connectivity index (χ3v) is 2.64. The molecule has 20 heavy (non-hydrogen) atoms. The van der Waals surface area contributed by atoms with Crippen LogP contribution in [0.3, 0.4) is 0 Å². The number of carbonyl (C=O) groups excluding carboxylic acids is 1. The molecule has 0 aliphatic carbocycles. The highest BCUT2D eigenvalue weighted by Crippen LogP contribution is 2.00. The lowest BCUT2D eigenvalue weighted by atomic mass is 10.3. The highest BCUT2D eigenvalue weighted by atomic mass is 16.5. The molecule has 2 N–H and O–H groups in total. The highest BCUT2D eigenvalue weighted by molar-refractivity contribution is 5.91. The number of nitrogens with one attached hydrogen (secondary N) is 2. The van der Waals surface area contributed by atoms with Crippen LogP contribution in [0.2, 0.25) is 0 Å². The van der Waals surface area contributed by atoms with Gasteiger partial charge >= 0.3 is 0 Å². The number of nitrogens with zero attached hydrogens (tertiary/aromatic N) is 2. The monoisotopic (exact) mass is 280 g/mol. The van der Waals surface area contributed by atoms with Crippen molar-refractivity contribution < 1.29 is 9.53 Å². The number of amides is 1. The first-order valence-electron chi connectivity index (χ1n) is 7.19. The Morgan fingerprint density at radius 2 is 2.00 bits per heavy atom. The van der Waals surface area contributed by atoms with Crippen molar-refractivity contribution >= 4 is 11.7 Å². The quantitative estimate of drug-likeness (QED) is 0.640. The van der Waals surface area contributed by atoms with Crippen molar-refractivity contribution in [1.82, 2.24) is 15.3 Å². The number of carbonyl (C=O) groups is 1.